The predicted octanol–water partition coefficient (Wildman–Crippen LogP) is 6.15. The first-order valence-electron chi connectivity index (χ1n) is 20.3. The van der Waals surface area contributed by atoms with Gasteiger partial charge in [0.25, 0.3) is 5.91 Å². The van der Waals surface area contributed by atoms with Gasteiger partial charge in [-0.2, -0.15) is 0 Å². The second-order valence-electron chi connectivity index (χ2n) is 15.4. The van der Waals surface area contributed by atoms with Crippen LogP contribution in [-0.2, 0) is 23.8 Å². The minimum absolute atomic E-state index is 0.0821. The fraction of sp³-hybridized carbons (Fsp3) is 0.556. The molecule has 1 aliphatic carbocycles. The zero-order valence-electron chi connectivity index (χ0n) is 34.2. The van der Waals surface area contributed by atoms with Gasteiger partial charge in [-0.25, -0.2) is 4.79 Å². The second-order valence-corrected chi connectivity index (χ2v) is 15.4. The highest BCUT2D eigenvalue weighted by molar-refractivity contribution is 5.94. The molecule has 3 rings (SSSR count). The number of aliphatic carboxylic acids is 1. The number of aliphatic hydroxyl groups excluding tert-OH is 4. The molecule has 1 amide bonds. The molecule has 0 spiro atoms. The van der Waals surface area contributed by atoms with Crippen molar-refractivity contribution in [3.63, 3.8) is 0 Å². The Morgan fingerprint density at radius 2 is 1.56 bits per heavy atom. The van der Waals surface area contributed by atoms with Crippen LogP contribution in [0.1, 0.15) is 86.0 Å². The number of fused-ring (bicyclic) bond motifs is 1. The van der Waals surface area contributed by atoms with Crippen molar-refractivity contribution in [2.45, 2.75) is 135 Å². The summed E-state index contributed by atoms with van der Waals surface area (Å²) in [7, 11) is 0. The maximum atomic E-state index is 12.5. The third-order valence-electron chi connectivity index (χ3n) is 10.2. The summed E-state index contributed by atoms with van der Waals surface area (Å²) in [4.78, 5) is 24.3. The average Bonchev–Trinajstić information content (AvgIpc) is 3.97. The molecule has 2 heterocycles. The summed E-state index contributed by atoms with van der Waals surface area (Å²) in [6.07, 6.45) is 25.2. The minimum atomic E-state index is -1.81. The van der Waals surface area contributed by atoms with Gasteiger partial charge in [0.05, 0.1) is 17.9 Å². The van der Waals surface area contributed by atoms with Crippen LogP contribution in [0.5, 0.6) is 0 Å². The molecule has 3 aliphatic rings. The smallest absolute Gasteiger partial charge is 0.335 e. The molecule has 57 heavy (non-hydrogen) atoms. The van der Waals surface area contributed by atoms with E-state index in [1.54, 1.807) is 25.2 Å². The predicted molar refractivity (Wildman–Crippen MR) is 221 cm³/mol. The summed E-state index contributed by atoms with van der Waals surface area (Å²) in [5, 5.41) is 53.7. The van der Waals surface area contributed by atoms with Crippen LogP contribution in [0.2, 0.25) is 0 Å². The molecule has 0 bridgehead atoms. The number of hydrogen-bond donors (Lipinski definition) is 7. The van der Waals surface area contributed by atoms with Crippen LogP contribution >= 0.6 is 0 Å². The Morgan fingerprint density at radius 1 is 0.877 bits per heavy atom. The van der Waals surface area contributed by atoms with Gasteiger partial charge in [0.2, 0.25) is 0 Å². The van der Waals surface area contributed by atoms with Gasteiger partial charge >= 0.3 is 5.97 Å². The molecule has 2 saturated heterocycles. The second kappa shape index (κ2) is 24.8. The zero-order chi connectivity index (χ0) is 41.9. The largest absolute Gasteiger partial charge is 0.510 e. The Kier molecular flexibility index (Phi) is 20.7. The van der Waals surface area contributed by atoms with Gasteiger partial charge < -0.3 is 50.8 Å². The number of carboxylic acids is 1. The van der Waals surface area contributed by atoms with Gasteiger partial charge in [0.15, 0.2) is 12.4 Å². The summed E-state index contributed by atoms with van der Waals surface area (Å²) < 4.78 is 17.2. The van der Waals surface area contributed by atoms with Crippen LogP contribution in [0.25, 0.3) is 0 Å². The summed E-state index contributed by atoms with van der Waals surface area (Å²) in [5.74, 6) is -1.19. The number of hydrogen-bond acceptors (Lipinski definition) is 10. The van der Waals surface area contributed by atoms with Crippen molar-refractivity contribution in [1.82, 2.24) is 5.32 Å². The average molecular weight is 795 g/mol. The van der Waals surface area contributed by atoms with E-state index in [4.69, 9.17) is 19.9 Å². The standard InChI is InChI=1S/C45H66N2O10/c1-29(20-14-11-12-19-27-46)21-15-13-16-22-30(2)28-33(5)40(56-45-39(51)37(49)38(50)42(57-45)44(53)54)31(3)23-17-9-7-6-8-10-18-24-32(4)43(52)47-36-34(48)25-26-35-41(36)55-35/h6-11,14-15,17-18,21,23-24,28-31,35,37-42,45,48-51H,12-13,16,19-20,22,25-27,46H2,1-5H3,(H,47,52)(H,53,54)/b8-6+,9-7+,14-11+,18-10+,21-15+,23-17+,32-24+,33-28+. The molecule has 2 fully saturated rings. The normalized spacial score (nSPS) is 28.3. The molecule has 0 aromatic rings. The molecule has 2 aliphatic heterocycles. The molecule has 12 heteroatoms. The zero-order valence-corrected chi connectivity index (χ0v) is 34.2. The van der Waals surface area contributed by atoms with Gasteiger partial charge in [-0.3, -0.25) is 4.79 Å². The molecule has 11 atom stereocenters. The van der Waals surface area contributed by atoms with E-state index in [0.29, 0.717) is 30.2 Å². The molecular weight excluding hydrogens is 728 g/mol. The van der Waals surface area contributed by atoms with Crippen molar-refractivity contribution in [3.05, 3.63) is 108 Å². The first-order valence-corrected chi connectivity index (χ1v) is 20.3. The van der Waals surface area contributed by atoms with E-state index in [0.717, 1.165) is 50.5 Å². The number of aliphatic hydroxyl groups is 4. The van der Waals surface area contributed by atoms with Crippen molar-refractivity contribution in [2.75, 3.05) is 6.54 Å². The van der Waals surface area contributed by atoms with E-state index in [1.165, 1.54) is 0 Å². The number of amides is 1. The molecule has 0 saturated carbocycles. The Hall–Kier alpha value is -3.88. The number of carboxylic acid groups (broad SMARTS) is 1. The van der Waals surface area contributed by atoms with Gasteiger partial charge in [-0.1, -0.05) is 106 Å². The summed E-state index contributed by atoms with van der Waals surface area (Å²) in [5.41, 5.74) is 7.35. The van der Waals surface area contributed by atoms with Crippen molar-refractivity contribution in [2.24, 2.45) is 23.5 Å². The quantitative estimate of drug-likeness (QED) is 0.0206. The molecule has 8 N–H and O–H groups in total. The SMILES string of the molecule is C\C(=C/C=C/C=C/C=C/C=C/C(C)C(OC1OC(C(=O)O)C(O)C(O)C1O)/C(C)=C/C(C)CCC/C=C/C(C)C/C=C/CCCN)C(=O)NC1=C(O)CCC2OC12. The maximum absolute atomic E-state index is 12.5. The van der Waals surface area contributed by atoms with Crippen LogP contribution in [0.15, 0.2) is 108 Å². The Labute approximate surface area is 338 Å². The van der Waals surface area contributed by atoms with E-state index in [2.05, 4.69) is 49.5 Å². The lowest BCUT2D eigenvalue weighted by molar-refractivity contribution is -0.303. The highest BCUT2D eigenvalue weighted by Crippen LogP contribution is 2.38. The fourth-order valence-electron chi connectivity index (χ4n) is 6.71. The lowest BCUT2D eigenvalue weighted by atomic mass is 9.92. The van der Waals surface area contributed by atoms with E-state index >= 15 is 0 Å². The number of nitrogens with two attached hydrogens (primary N) is 1. The van der Waals surface area contributed by atoms with Crippen LogP contribution in [0.3, 0.4) is 0 Å². The topological polar surface area (TPSA) is 204 Å². The van der Waals surface area contributed by atoms with Crippen LogP contribution in [0.4, 0.5) is 0 Å². The van der Waals surface area contributed by atoms with Crippen molar-refractivity contribution in [1.29, 1.82) is 0 Å². The van der Waals surface area contributed by atoms with Crippen molar-refractivity contribution < 1.29 is 49.3 Å². The van der Waals surface area contributed by atoms with Crippen molar-refractivity contribution >= 4 is 11.9 Å². The summed E-state index contributed by atoms with van der Waals surface area (Å²) in [6, 6.07) is 0. The highest BCUT2D eigenvalue weighted by atomic mass is 16.7. The molecule has 0 aromatic carbocycles. The maximum Gasteiger partial charge on any atom is 0.335 e. The van der Waals surface area contributed by atoms with Gasteiger partial charge in [0, 0.05) is 17.9 Å². The molecule has 12 nitrogen and oxygen atoms in total. The van der Waals surface area contributed by atoms with Crippen molar-refractivity contribution in [3.8, 4) is 0 Å². The van der Waals surface area contributed by atoms with E-state index in [1.807, 2.05) is 50.3 Å². The lowest BCUT2D eigenvalue weighted by Crippen LogP contribution is -2.61. The van der Waals surface area contributed by atoms with Gasteiger partial charge in [-0.05, 0) is 82.7 Å². The number of carbonyl (C=O) groups is 2. The lowest BCUT2D eigenvalue weighted by Gasteiger charge is -2.40. The van der Waals surface area contributed by atoms with E-state index < -0.39 is 42.8 Å². The fourth-order valence-corrected chi connectivity index (χ4v) is 6.71. The first kappa shape index (κ1) is 47.5. The van der Waals surface area contributed by atoms with Crippen LogP contribution in [-0.4, -0.2) is 93.0 Å². The molecule has 0 radical (unpaired) electrons. The molecular formula is C45H66N2O10. The Bertz CT molecular complexity index is 1570. The Morgan fingerprint density at radius 3 is 2.26 bits per heavy atom. The summed E-state index contributed by atoms with van der Waals surface area (Å²) >= 11 is 0. The van der Waals surface area contributed by atoms with Gasteiger partial charge in [-0.15, -0.1) is 0 Å². The third-order valence-corrected chi connectivity index (χ3v) is 10.2. The van der Waals surface area contributed by atoms with Crippen LogP contribution < -0.4 is 11.1 Å². The molecule has 0 aromatic heterocycles. The van der Waals surface area contributed by atoms with E-state index in [9.17, 15) is 35.1 Å². The number of allylic oxidation sites excluding steroid dienone is 14. The Balaban J connectivity index is 1.59. The number of unbranched alkanes of at least 4 members (excludes halogenated alkanes) is 2. The monoisotopic (exact) mass is 794 g/mol. The number of nitrogens with one attached hydrogen (secondary N) is 1. The number of epoxide rings is 1. The minimum Gasteiger partial charge on any atom is -0.510 e. The number of carbonyl (C=O) groups excluding carboxylic acids is 1. The molecule has 11 unspecified atom stereocenters. The number of ether oxygens (including phenoxy) is 3. The number of rotatable bonds is 23. The van der Waals surface area contributed by atoms with Crippen LogP contribution in [0, 0.1) is 17.8 Å². The molecule has 316 valence electrons. The summed E-state index contributed by atoms with van der Waals surface area (Å²) in [6.45, 7) is 10.6. The van der Waals surface area contributed by atoms with Gasteiger partial charge in [0.1, 0.15) is 30.2 Å². The highest BCUT2D eigenvalue weighted by Gasteiger charge is 2.49. The first-order chi connectivity index (χ1) is 27.2. The third kappa shape index (κ3) is 16.1. The van der Waals surface area contributed by atoms with E-state index in [-0.39, 0.29) is 35.7 Å².